The summed E-state index contributed by atoms with van der Waals surface area (Å²) in [6.07, 6.45) is 1.83. The van der Waals surface area contributed by atoms with Crippen molar-refractivity contribution in [1.82, 2.24) is 4.90 Å². The molecule has 1 heterocycles. The van der Waals surface area contributed by atoms with Crippen LogP contribution >= 0.6 is 11.6 Å². The molecule has 0 aliphatic carbocycles. The molecule has 0 N–H and O–H groups in total. The largest absolute Gasteiger partial charge is 0.372 e. The first-order chi connectivity index (χ1) is 8.72. The van der Waals surface area contributed by atoms with Crippen LogP contribution in [-0.2, 0) is 4.74 Å². The van der Waals surface area contributed by atoms with E-state index < -0.39 is 0 Å². The van der Waals surface area contributed by atoms with Crippen LogP contribution in [0.3, 0.4) is 0 Å². The second-order valence-corrected chi connectivity index (χ2v) is 4.54. The van der Waals surface area contributed by atoms with Crippen molar-refractivity contribution in [1.29, 1.82) is 5.26 Å². The summed E-state index contributed by atoms with van der Waals surface area (Å²) in [4.78, 5) is 5.92. The van der Waals surface area contributed by atoms with Crippen LogP contribution in [0.4, 0.5) is 0 Å². The molecule has 1 fully saturated rings. The van der Waals surface area contributed by atoms with Gasteiger partial charge in [-0.3, -0.25) is 0 Å². The van der Waals surface area contributed by atoms with E-state index in [4.69, 9.17) is 21.6 Å². The highest BCUT2D eigenvalue weighted by atomic mass is 35.5. The van der Waals surface area contributed by atoms with E-state index >= 15 is 0 Å². The minimum absolute atomic E-state index is 0.151. The van der Waals surface area contributed by atoms with Gasteiger partial charge in [-0.05, 0) is 24.6 Å². The number of amidine groups is 1. The van der Waals surface area contributed by atoms with E-state index in [0.717, 1.165) is 17.1 Å². The lowest BCUT2D eigenvalue weighted by atomic mass is 10.1. The zero-order valence-electron chi connectivity index (χ0n) is 10.1. The van der Waals surface area contributed by atoms with Crippen LogP contribution in [-0.4, -0.2) is 30.5 Å². The van der Waals surface area contributed by atoms with Gasteiger partial charge in [0.25, 0.3) is 0 Å². The van der Waals surface area contributed by atoms with Crippen LogP contribution in [0.5, 0.6) is 0 Å². The van der Waals surface area contributed by atoms with E-state index in [1.54, 1.807) is 0 Å². The predicted molar refractivity (Wildman–Crippen MR) is 70.4 cm³/mol. The quantitative estimate of drug-likeness (QED) is 0.771. The molecule has 1 aliphatic heterocycles. The fraction of sp³-hybridized carbons (Fsp3) is 0.385. The molecule has 1 aromatic rings. The van der Waals surface area contributed by atoms with Crippen molar-refractivity contribution in [2.24, 2.45) is 4.99 Å². The third-order valence-corrected chi connectivity index (χ3v) is 3.29. The van der Waals surface area contributed by atoms with Gasteiger partial charge in [-0.15, -0.1) is 0 Å². The van der Waals surface area contributed by atoms with E-state index in [1.807, 2.05) is 30.5 Å². The number of rotatable bonds is 2. The van der Waals surface area contributed by atoms with Crippen LogP contribution in [0.1, 0.15) is 18.5 Å². The molecule has 0 saturated carbocycles. The molecule has 0 bridgehead atoms. The summed E-state index contributed by atoms with van der Waals surface area (Å²) in [7, 11) is 0. The van der Waals surface area contributed by atoms with Crippen molar-refractivity contribution in [3.8, 4) is 6.19 Å². The Morgan fingerprint density at radius 2 is 2.17 bits per heavy atom. The van der Waals surface area contributed by atoms with Gasteiger partial charge >= 0.3 is 0 Å². The number of nitriles is 1. The average molecular weight is 264 g/mol. The molecule has 1 atom stereocenters. The number of ether oxygens (including phenoxy) is 1. The van der Waals surface area contributed by atoms with Crippen LogP contribution in [0.25, 0.3) is 0 Å². The van der Waals surface area contributed by atoms with Crippen LogP contribution in [0, 0.1) is 11.5 Å². The maximum absolute atomic E-state index is 8.69. The van der Waals surface area contributed by atoms with Gasteiger partial charge in [0, 0.05) is 11.6 Å². The Hall–Kier alpha value is -1.57. The van der Waals surface area contributed by atoms with Crippen LogP contribution in [0.2, 0.25) is 5.02 Å². The molecule has 5 heteroatoms. The van der Waals surface area contributed by atoms with Crippen molar-refractivity contribution < 1.29 is 4.74 Å². The Bertz CT molecular complexity index is 478. The number of halogens is 1. The SMILES string of the molecule is CC(c1ccc(Cl)cc1)N1CCOCC1=NC#N. The molecule has 1 saturated heterocycles. The van der Waals surface area contributed by atoms with Crippen molar-refractivity contribution in [3.63, 3.8) is 0 Å². The standard InChI is InChI=1S/C13H14ClN3O/c1-10(11-2-4-12(14)5-3-11)17-6-7-18-8-13(17)16-9-15/h2-5,10H,6-8H2,1H3. The minimum Gasteiger partial charge on any atom is -0.372 e. The molecular formula is C13H14ClN3O. The zero-order chi connectivity index (χ0) is 13.0. The number of hydrogen-bond donors (Lipinski definition) is 0. The monoisotopic (exact) mass is 263 g/mol. The second kappa shape index (κ2) is 5.85. The molecule has 1 unspecified atom stereocenters. The third kappa shape index (κ3) is 2.81. The van der Waals surface area contributed by atoms with Crippen LogP contribution in [0.15, 0.2) is 29.3 Å². The van der Waals surface area contributed by atoms with E-state index in [1.165, 1.54) is 0 Å². The highest BCUT2D eigenvalue weighted by Gasteiger charge is 2.23. The van der Waals surface area contributed by atoms with Gasteiger partial charge in [-0.25, -0.2) is 0 Å². The number of nitrogens with zero attached hydrogens (tertiary/aromatic N) is 3. The smallest absolute Gasteiger partial charge is 0.207 e. The highest BCUT2D eigenvalue weighted by Crippen LogP contribution is 2.23. The Labute approximate surface area is 111 Å². The normalized spacial score (nSPS) is 19.6. The summed E-state index contributed by atoms with van der Waals surface area (Å²) >= 11 is 5.88. The van der Waals surface area contributed by atoms with Gasteiger partial charge in [0.05, 0.1) is 12.6 Å². The van der Waals surface area contributed by atoms with E-state index in [0.29, 0.717) is 19.0 Å². The van der Waals surface area contributed by atoms with Crippen LogP contribution < -0.4 is 0 Å². The molecule has 1 aliphatic rings. The van der Waals surface area contributed by atoms with Crippen molar-refractivity contribution in [2.75, 3.05) is 19.8 Å². The molecule has 94 valence electrons. The number of aliphatic imine (C=N–C) groups is 1. The summed E-state index contributed by atoms with van der Waals surface area (Å²) in [5, 5.41) is 9.41. The van der Waals surface area contributed by atoms with Gasteiger partial charge in [0.2, 0.25) is 6.19 Å². The molecule has 1 aromatic carbocycles. The molecule has 0 amide bonds. The summed E-state index contributed by atoms with van der Waals surface area (Å²) < 4.78 is 5.33. The van der Waals surface area contributed by atoms with Gasteiger partial charge in [-0.1, -0.05) is 23.7 Å². The van der Waals surface area contributed by atoms with Gasteiger partial charge in [-0.2, -0.15) is 10.3 Å². The Morgan fingerprint density at radius 3 is 2.83 bits per heavy atom. The summed E-state index contributed by atoms with van der Waals surface area (Å²) in [6, 6.07) is 7.88. The lowest BCUT2D eigenvalue weighted by molar-refractivity contribution is 0.103. The zero-order valence-corrected chi connectivity index (χ0v) is 10.9. The summed E-state index contributed by atoms with van der Waals surface area (Å²) in [5.74, 6) is 0.686. The Kier molecular flexibility index (Phi) is 4.19. The molecule has 0 aromatic heterocycles. The highest BCUT2D eigenvalue weighted by molar-refractivity contribution is 6.30. The predicted octanol–water partition coefficient (Wildman–Crippen LogP) is 2.61. The lowest BCUT2D eigenvalue weighted by Gasteiger charge is -2.35. The first-order valence-electron chi connectivity index (χ1n) is 5.78. The van der Waals surface area contributed by atoms with Gasteiger partial charge in [0.1, 0.15) is 12.4 Å². The number of benzene rings is 1. The Morgan fingerprint density at radius 1 is 1.44 bits per heavy atom. The molecule has 4 nitrogen and oxygen atoms in total. The van der Waals surface area contributed by atoms with Crippen molar-refractivity contribution >= 4 is 17.4 Å². The molecular weight excluding hydrogens is 250 g/mol. The molecule has 0 spiro atoms. The number of morpholine rings is 1. The van der Waals surface area contributed by atoms with Gasteiger partial charge < -0.3 is 9.64 Å². The summed E-state index contributed by atoms with van der Waals surface area (Å²) in [6.45, 7) is 3.87. The molecule has 2 rings (SSSR count). The van der Waals surface area contributed by atoms with E-state index in [9.17, 15) is 0 Å². The van der Waals surface area contributed by atoms with Gasteiger partial charge in [0.15, 0.2) is 0 Å². The fourth-order valence-corrected chi connectivity index (χ4v) is 2.16. The molecule has 18 heavy (non-hydrogen) atoms. The van der Waals surface area contributed by atoms with E-state index in [2.05, 4.69) is 16.8 Å². The Balaban J connectivity index is 2.21. The van der Waals surface area contributed by atoms with Crippen molar-refractivity contribution in [3.05, 3.63) is 34.9 Å². The third-order valence-electron chi connectivity index (χ3n) is 3.04. The maximum atomic E-state index is 8.69. The first-order valence-corrected chi connectivity index (χ1v) is 6.15. The molecule has 0 radical (unpaired) electrons. The maximum Gasteiger partial charge on any atom is 0.207 e. The van der Waals surface area contributed by atoms with E-state index in [-0.39, 0.29) is 6.04 Å². The fourth-order valence-electron chi connectivity index (χ4n) is 2.03. The second-order valence-electron chi connectivity index (χ2n) is 4.10. The lowest BCUT2D eigenvalue weighted by Crippen LogP contribution is -2.43. The topological polar surface area (TPSA) is 48.6 Å². The number of hydrogen-bond acceptors (Lipinski definition) is 3. The first kappa shape index (κ1) is 12.9. The minimum atomic E-state index is 0.151. The average Bonchev–Trinajstić information content (AvgIpc) is 2.40. The summed E-state index contributed by atoms with van der Waals surface area (Å²) in [5.41, 5.74) is 1.15. The van der Waals surface area contributed by atoms with Crippen molar-refractivity contribution in [2.45, 2.75) is 13.0 Å².